The molecule has 1 amide bonds. The molecule has 1 aliphatic heterocycles. The van der Waals surface area contributed by atoms with E-state index < -0.39 is 5.82 Å². The summed E-state index contributed by atoms with van der Waals surface area (Å²) in [5.74, 6) is -0.845. The van der Waals surface area contributed by atoms with Gasteiger partial charge in [-0.3, -0.25) is 9.79 Å². The van der Waals surface area contributed by atoms with Crippen molar-refractivity contribution in [3.8, 4) is 5.88 Å². The van der Waals surface area contributed by atoms with E-state index in [0.29, 0.717) is 38.7 Å². The van der Waals surface area contributed by atoms with E-state index in [1.807, 2.05) is 13.8 Å². The van der Waals surface area contributed by atoms with Crippen molar-refractivity contribution in [2.24, 2.45) is 4.99 Å². The number of hydrogen-bond acceptors (Lipinski definition) is 5. The van der Waals surface area contributed by atoms with Crippen LogP contribution in [0.5, 0.6) is 5.88 Å². The number of carbonyl (C=O) groups is 1. The normalized spacial score (nSPS) is 14.5. The van der Waals surface area contributed by atoms with Gasteiger partial charge < -0.3 is 15.0 Å². The predicted molar refractivity (Wildman–Crippen MR) is 100 cm³/mol. The van der Waals surface area contributed by atoms with Gasteiger partial charge in [0.25, 0.3) is 5.91 Å². The number of amides is 1. The standard InChI is InChI=1S/C17H16FN3O2S2/c1-3-21(4-2)16(23)13(14-15(22)20-17(24)25-14)11-8-19-12-6-5-9(18)7-10(11)12/h5-8,22H,3-4H2,1-2H3,(H,20,24)/b13-11+. The number of aromatic hydroxyl groups is 1. The molecule has 0 atom stereocenters. The van der Waals surface area contributed by atoms with Gasteiger partial charge in [-0.1, -0.05) is 0 Å². The van der Waals surface area contributed by atoms with Crippen molar-refractivity contribution in [3.63, 3.8) is 0 Å². The highest BCUT2D eigenvalue weighted by Gasteiger charge is 2.28. The minimum atomic E-state index is -0.415. The molecule has 0 bridgehead atoms. The minimum Gasteiger partial charge on any atom is -0.494 e. The highest BCUT2D eigenvalue weighted by atomic mass is 32.1. The van der Waals surface area contributed by atoms with Gasteiger partial charge in [0.05, 0.1) is 11.3 Å². The third kappa shape index (κ3) is 3.14. The van der Waals surface area contributed by atoms with Crippen LogP contribution in [0, 0.1) is 9.77 Å². The number of H-pyrrole nitrogens is 1. The molecule has 130 valence electrons. The minimum absolute atomic E-state index is 0.170. The fourth-order valence-electron chi connectivity index (χ4n) is 2.73. The van der Waals surface area contributed by atoms with Gasteiger partial charge in [0.15, 0.2) is 3.95 Å². The number of halogens is 1. The second kappa shape index (κ2) is 6.89. The van der Waals surface area contributed by atoms with E-state index in [0.717, 1.165) is 11.3 Å². The lowest BCUT2D eigenvalue weighted by Crippen LogP contribution is -2.31. The molecule has 1 aromatic carbocycles. The summed E-state index contributed by atoms with van der Waals surface area (Å²) < 4.78 is 14.1. The number of benzene rings is 1. The van der Waals surface area contributed by atoms with Crippen LogP contribution in [0.25, 0.3) is 11.1 Å². The van der Waals surface area contributed by atoms with E-state index >= 15 is 0 Å². The Morgan fingerprint density at radius 2 is 2.12 bits per heavy atom. The van der Waals surface area contributed by atoms with Gasteiger partial charge in [0.1, 0.15) is 10.7 Å². The second-order valence-electron chi connectivity index (χ2n) is 5.38. The number of carbonyl (C=O) groups excluding carboxylic acids is 1. The van der Waals surface area contributed by atoms with Crippen molar-refractivity contribution in [2.45, 2.75) is 13.8 Å². The summed E-state index contributed by atoms with van der Waals surface area (Å²) in [6.07, 6.45) is 1.53. The number of allylic oxidation sites excluding steroid dienone is 1. The van der Waals surface area contributed by atoms with Crippen LogP contribution in [0.4, 0.5) is 10.1 Å². The van der Waals surface area contributed by atoms with Gasteiger partial charge in [-0.15, -0.1) is 11.3 Å². The largest absolute Gasteiger partial charge is 0.494 e. The van der Waals surface area contributed by atoms with Crippen LogP contribution in [0.2, 0.25) is 0 Å². The van der Waals surface area contributed by atoms with Crippen molar-refractivity contribution >= 4 is 52.5 Å². The fourth-order valence-corrected chi connectivity index (χ4v) is 3.86. The van der Waals surface area contributed by atoms with E-state index in [9.17, 15) is 14.3 Å². The number of thiazole rings is 1. The third-order valence-electron chi connectivity index (χ3n) is 3.97. The Balaban J connectivity index is 2.29. The predicted octanol–water partition coefficient (Wildman–Crippen LogP) is 4.15. The van der Waals surface area contributed by atoms with Crippen LogP contribution < -0.4 is 0 Å². The number of aromatic nitrogens is 1. The quantitative estimate of drug-likeness (QED) is 0.621. The lowest BCUT2D eigenvalue weighted by Gasteiger charge is -2.21. The van der Waals surface area contributed by atoms with Gasteiger partial charge in [-0.05, 0) is 44.3 Å². The molecule has 8 heteroatoms. The van der Waals surface area contributed by atoms with Crippen molar-refractivity contribution in [1.82, 2.24) is 9.88 Å². The molecular weight excluding hydrogens is 361 g/mol. The Kier molecular flexibility index (Phi) is 4.82. The van der Waals surface area contributed by atoms with E-state index in [1.54, 1.807) is 11.0 Å². The Bertz CT molecular complexity index is 955. The first-order chi connectivity index (χ1) is 12.0. The molecule has 2 N–H and O–H groups in total. The molecule has 1 aliphatic rings. The molecule has 0 spiro atoms. The molecule has 0 saturated carbocycles. The molecule has 3 rings (SSSR count). The zero-order valence-corrected chi connectivity index (χ0v) is 15.3. The molecular formula is C17H16FN3O2S2. The third-order valence-corrected chi connectivity index (χ3v) is 5.21. The number of nitrogens with zero attached hydrogens (tertiary/aromatic N) is 2. The molecule has 0 fully saturated rings. The topological polar surface area (TPSA) is 68.7 Å². The molecule has 5 nitrogen and oxygen atoms in total. The van der Waals surface area contributed by atoms with E-state index in [-0.39, 0.29) is 17.4 Å². The number of rotatable bonds is 4. The maximum absolute atomic E-state index is 13.7. The average Bonchev–Trinajstić information content (AvgIpc) is 3.12. The SMILES string of the molecule is CCN(CC)C(=O)/C(=C1\C=Nc2ccc(F)cc21)c1sc(=S)[nH]c1O. The lowest BCUT2D eigenvalue weighted by atomic mass is 9.99. The smallest absolute Gasteiger partial charge is 0.256 e. The van der Waals surface area contributed by atoms with Crippen molar-refractivity contribution < 1.29 is 14.3 Å². The number of fused-ring (bicyclic) bond motifs is 1. The summed E-state index contributed by atoms with van der Waals surface area (Å²) >= 11 is 6.19. The van der Waals surface area contributed by atoms with Crippen molar-refractivity contribution in [3.05, 3.63) is 38.4 Å². The fraction of sp³-hybridized carbons (Fsp3) is 0.235. The van der Waals surface area contributed by atoms with Crippen LogP contribution in [-0.2, 0) is 4.79 Å². The molecule has 1 aromatic heterocycles. The average molecular weight is 377 g/mol. The Morgan fingerprint density at radius 3 is 2.72 bits per heavy atom. The highest BCUT2D eigenvalue weighted by molar-refractivity contribution is 7.73. The van der Waals surface area contributed by atoms with Crippen LogP contribution in [0.3, 0.4) is 0 Å². The summed E-state index contributed by atoms with van der Waals surface area (Å²) in [5, 5.41) is 10.2. The summed E-state index contributed by atoms with van der Waals surface area (Å²) in [7, 11) is 0. The van der Waals surface area contributed by atoms with Gasteiger partial charge in [0, 0.05) is 30.4 Å². The number of aromatic amines is 1. The summed E-state index contributed by atoms with van der Waals surface area (Å²) in [5.41, 5.74) is 1.85. The first-order valence-electron chi connectivity index (χ1n) is 7.76. The van der Waals surface area contributed by atoms with Gasteiger partial charge in [-0.25, -0.2) is 4.39 Å². The number of aliphatic imine (C=N–C) groups is 1. The summed E-state index contributed by atoms with van der Waals surface area (Å²) in [4.78, 5) is 22.0. The highest BCUT2D eigenvalue weighted by Crippen LogP contribution is 2.41. The summed E-state index contributed by atoms with van der Waals surface area (Å²) in [6.45, 7) is 4.77. The van der Waals surface area contributed by atoms with Gasteiger partial charge in [-0.2, -0.15) is 0 Å². The zero-order chi connectivity index (χ0) is 18.1. The molecule has 0 aliphatic carbocycles. The maximum Gasteiger partial charge on any atom is 0.256 e. The molecule has 25 heavy (non-hydrogen) atoms. The maximum atomic E-state index is 13.7. The number of hydrogen-bond donors (Lipinski definition) is 2. The van der Waals surface area contributed by atoms with Crippen molar-refractivity contribution in [1.29, 1.82) is 0 Å². The lowest BCUT2D eigenvalue weighted by molar-refractivity contribution is -0.124. The first-order valence-corrected chi connectivity index (χ1v) is 8.98. The zero-order valence-electron chi connectivity index (χ0n) is 13.7. The van der Waals surface area contributed by atoms with Gasteiger partial charge in [0.2, 0.25) is 5.88 Å². The summed E-state index contributed by atoms with van der Waals surface area (Å²) in [6, 6.07) is 4.23. The van der Waals surface area contributed by atoms with Gasteiger partial charge >= 0.3 is 0 Å². The second-order valence-corrected chi connectivity index (χ2v) is 7.07. The number of likely N-dealkylation sites (N-methyl/N-ethyl adjacent to an activating group) is 1. The van der Waals surface area contributed by atoms with Crippen LogP contribution in [0.1, 0.15) is 24.3 Å². The van der Waals surface area contributed by atoms with Crippen LogP contribution >= 0.6 is 23.6 Å². The van der Waals surface area contributed by atoms with E-state index in [4.69, 9.17) is 12.2 Å². The van der Waals surface area contributed by atoms with E-state index in [2.05, 4.69) is 9.98 Å². The first kappa shape index (κ1) is 17.5. The van der Waals surface area contributed by atoms with Crippen LogP contribution in [0.15, 0.2) is 23.2 Å². The van der Waals surface area contributed by atoms with Crippen molar-refractivity contribution in [2.75, 3.05) is 13.1 Å². The molecule has 0 unspecified atom stereocenters. The molecule has 2 aromatic rings. The molecule has 0 radical (unpaired) electrons. The molecule has 0 saturated heterocycles. The molecule has 2 heterocycles. The Labute approximate surface area is 153 Å². The monoisotopic (exact) mass is 377 g/mol. The van der Waals surface area contributed by atoms with E-state index in [1.165, 1.54) is 18.3 Å². The number of nitrogens with one attached hydrogen (secondary N) is 1. The van der Waals surface area contributed by atoms with Crippen LogP contribution in [-0.4, -0.2) is 40.2 Å². The Hall–Kier alpha value is -2.32. The Morgan fingerprint density at radius 1 is 1.40 bits per heavy atom.